The van der Waals surface area contributed by atoms with Crippen LogP contribution < -0.4 is 0 Å². The van der Waals surface area contributed by atoms with Gasteiger partial charge >= 0.3 is 0 Å². The zero-order valence-corrected chi connectivity index (χ0v) is 7.58. The van der Waals surface area contributed by atoms with Crippen molar-refractivity contribution in [1.29, 1.82) is 0 Å². The second kappa shape index (κ2) is 3.19. The van der Waals surface area contributed by atoms with Gasteiger partial charge in [0.05, 0.1) is 5.69 Å². The second-order valence-corrected chi connectivity index (χ2v) is 3.12. The molecule has 0 saturated heterocycles. The molecule has 7 heteroatoms. The molecule has 2 rings (SSSR count). The smallest absolute Gasteiger partial charge is 0.271 e. The first-order valence-electron chi connectivity index (χ1n) is 3.54. The molecule has 0 atom stereocenters. The zero-order valence-electron chi connectivity index (χ0n) is 6.76. The van der Waals surface area contributed by atoms with Gasteiger partial charge in [-0.15, -0.1) is 5.10 Å². The number of hydrogen-bond donors (Lipinski definition) is 1. The predicted molar refractivity (Wildman–Crippen MR) is 43.9 cm³/mol. The molecule has 68 valence electrons. The number of hydrogen-bond acceptors (Lipinski definition) is 7. The van der Waals surface area contributed by atoms with Gasteiger partial charge in [-0.25, -0.2) is 0 Å². The van der Waals surface area contributed by atoms with Crippen LogP contribution in [-0.2, 0) is 6.61 Å². The van der Waals surface area contributed by atoms with E-state index in [2.05, 4.69) is 19.7 Å². The van der Waals surface area contributed by atoms with E-state index in [1.165, 1.54) is 11.5 Å². The van der Waals surface area contributed by atoms with Gasteiger partial charge in [-0.3, -0.25) is 0 Å². The minimum absolute atomic E-state index is 0.227. The third kappa shape index (κ3) is 1.43. The summed E-state index contributed by atoms with van der Waals surface area (Å²) >= 11 is 1.19. The number of aromatic nitrogens is 4. The Kier molecular flexibility index (Phi) is 2.03. The van der Waals surface area contributed by atoms with Crippen molar-refractivity contribution in [3.05, 3.63) is 11.5 Å². The van der Waals surface area contributed by atoms with Crippen LogP contribution in [0.15, 0.2) is 4.52 Å². The molecule has 2 heterocycles. The minimum Gasteiger partial charge on any atom is -0.388 e. The summed E-state index contributed by atoms with van der Waals surface area (Å²) in [4.78, 5) is 4.68. The Labute approximate surface area is 77.4 Å². The molecular formula is C6H6N4O2S. The molecule has 0 aliphatic heterocycles. The van der Waals surface area contributed by atoms with E-state index < -0.39 is 0 Å². The number of nitrogens with zero attached hydrogens (tertiary/aromatic N) is 4. The van der Waals surface area contributed by atoms with Gasteiger partial charge < -0.3 is 9.63 Å². The maximum absolute atomic E-state index is 8.70. The largest absolute Gasteiger partial charge is 0.388 e. The van der Waals surface area contributed by atoms with Crippen LogP contribution in [0.5, 0.6) is 0 Å². The normalized spacial score (nSPS) is 10.6. The van der Waals surface area contributed by atoms with E-state index in [0.717, 1.165) is 10.6 Å². The van der Waals surface area contributed by atoms with Gasteiger partial charge in [0.2, 0.25) is 0 Å². The summed E-state index contributed by atoms with van der Waals surface area (Å²) < 4.78 is 8.62. The summed E-state index contributed by atoms with van der Waals surface area (Å²) in [6.45, 7) is 1.58. The lowest BCUT2D eigenvalue weighted by Gasteiger charge is -1.84. The van der Waals surface area contributed by atoms with Crippen molar-refractivity contribution in [2.24, 2.45) is 0 Å². The summed E-state index contributed by atoms with van der Waals surface area (Å²) in [5.41, 5.74) is 0.748. The molecule has 0 saturated carbocycles. The Hall–Kier alpha value is -1.34. The van der Waals surface area contributed by atoms with Crippen LogP contribution in [0.2, 0.25) is 0 Å². The first-order chi connectivity index (χ1) is 6.31. The molecule has 6 nitrogen and oxygen atoms in total. The fraction of sp³-hybridized carbons (Fsp3) is 0.333. The lowest BCUT2D eigenvalue weighted by Crippen LogP contribution is -1.84. The van der Waals surface area contributed by atoms with Crippen molar-refractivity contribution in [1.82, 2.24) is 19.7 Å². The van der Waals surface area contributed by atoms with Crippen molar-refractivity contribution < 1.29 is 9.63 Å². The number of aliphatic hydroxyl groups excluding tert-OH is 1. The van der Waals surface area contributed by atoms with Crippen molar-refractivity contribution in [3.63, 3.8) is 0 Å². The highest BCUT2D eigenvalue weighted by Gasteiger charge is 2.13. The standard InChI is InChI=1S/C6H6N4O2S/c1-3-5(13-10-8-3)6-7-4(2-11)9-12-6/h11H,2H2,1H3. The van der Waals surface area contributed by atoms with Crippen LogP contribution in [0.4, 0.5) is 0 Å². The average Bonchev–Trinajstić information content (AvgIpc) is 2.71. The fourth-order valence-electron chi connectivity index (χ4n) is 0.838. The monoisotopic (exact) mass is 198 g/mol. The molecule has 0 spiro atoms. The Morgan fingerprint density at radius 2 is 2.38 bits per heavy atom. The molecule has 0 amide bonds. The molecule has 0 aromatic carbocycles. The minimum atomic E-state index is -0.227. The van der Waals surface area contributed by atoms with Crippen LogP contribution in [0.1, 0.15) is 11.5 Å². The van der Waals surface area contributed by atoms with Crippen molar-refractivity contribution in [2.45, 2.75) is 13.5 Å². The topological polar surface area (TPSA) is 84.9 Å². The SMILES string of the molecule is Cc1nnsc1-c1nc(CO)no1. The predicted octanol–water partition coefficient (Wildman–Crippen LogP) is 0.389. The molecule has 2 aromatic heterocycles. The Morgan fingerprint density at radius 1 is 1.54 bits per heavy atom. The maximum atomic E-state index is 8.70. The number of aliphatic hydroxyl groups is 1. The van der Waals surface area contributed by atoms with E-state index in [4.69, 9.17) is 9.63 Å². The molecule has 0 aliphatic carbocycles. The van der Waals surface area contributed by atoms with E-state index in [-0.39, 0.29) is 12.4 Å². The lowest BCUT2D eigenvalue weighted by molar-refractivity contribution is 0.264. The van der Waals surface area contributed by atoms with Gasteiger partial charge in [-0.2, -0.15) is 4.98 Å². The third-order valence-electron chi connectivity index (χ3n) is 1.46. The molecule has 0 bridgehead atoms. The van der Waals surface area contributed by atoms with E-state index in [9.17, 15) is 0 Å². The van der Waals surface area contributed by atoms with Crippen molar-refractivity contribution >= 4 is 11.5 Å². The maximum Gasteiger partial charge on any atom is 0.271 e. The van der Waals surface area contributed by atoms with Gasteiger partial charge in [0.1, 0.15) is 11.5 Å². The van der Waals surface area contributed by atoms with Gasteiger partial charge in [0, 0.05) is 0 Å². The average molecular weight is 198 g/mol. The molecular weight excluding hydrogens is 192 g/mol. The molecule has 13 heavy (non-hydrogen) atoms. The quantitative estimate of drug-likeness (QED) is 0.751. The molecule has 0 radical (unpaired) electrons. The van der Waals surface area contributed by atoms with Crippen molar-refractivity contribution in [3.8, 4) is 10.8 Å². The summed E-state index contributed by atoms with van der Waals surface area (Å²) in [6.07, 6.45) is 0. The summed E-state index contributed by atoms with van der Waals surface area (Å²) in [5, 5.41) is 16.1. The number of aryl methyl sites for hydroxylation is 1. The first-order valence-corrected chi connectivity index (χ1v) is 4.31. The van der Waals surface area contributed by atoms with Gasteiger partial charge in [0.15, 0.2) is 5.82 Å². The van der Waals surface area contributed by atoms with Gasteiger partial charge in [-0.1, -0.05) is 9.64 Å². The van der Waals surface area contributed by atoms with Crippen LogP contribution >= 0.6 is 11.5 Å². The molecule has 1 N–H and O–H groups in total. The first kappa shape index (κ1) is 8.27. The van der Waals surface area contributed by atoms with Crippen molar-refractivity contribution in [2.75, 3.05) is 0 Å². The second-order valence-electron chi connectivity index (χ2n) is 2.36. The van der Waals surface area contributed by atoms with Crippen LogP contribution in [0.25, 0.3) is 10.8 Å². The van der Waals surface area contributed by atoms with Crippen LogP contribution in [-0.4, -0.2) is 24.8 Å². The van der Waals surface area contributed by atoms with Gasteiger partial charge in [-0.05, 0) is 18.5 Å². The fourth-order valence-corrected chi connectivity index (χ4v) is 1.42. The summed E-state index contributed by atoms with van der Waals surface area (Å²) in [7, 11) is 0. The van der Waals surface area contributed by atoms with Gasteiger partial charge in [0.25, 0.3) is 5.89 Å². The summed E-state index contributed by atoms with van der Waals surface area (Å²) in [6, 6.07) is 0. The Morgan fingerprint density at radius 3 is 2.92 bits per heavy atom. The molecule has 2 aromatic rings. The number of rotatable bonds is 2. The van der Waals surface area contributed by atoms with E-state index in [1.807, 2.05) is 6.92 Å². The highest BCUT2D eigenvalue weighted by atomic mass is 32.1. The van der Waals surface area contributed by atoms with Crippen LogP contribution in [0, 0.1) is 6.92 Å². The van der Waals surface area contributed by atoms with E-state index in [0.29, 0.717) is 5.89 Å². The zero-order chi connectivity index (χ0) is 9.26. The highest BCUT2D eigenvalue weighted by Crippen LogP contribution is 2.23. The van der Waals surface area contributed by atoms with E-state index in [1.54, 1.807) is 0 Å². The Bertz CT molecular complexity index is 410. The molecule has 0 unspecified atom stereocenters. The Balaban J connectivity index is 2.41. The van der Waals surface area contributed by atoms with E-state index >= 15 is 0 Å². The molecule has 0 aliphatic rings. The third-order valence-corrected chi connectivity index (χ3v) is 2.27. The lowest BCUT2D eigenvalue weighted by atomic mass is 10.4. The highest BCUT2D eigenvalue weighted by molar-refractivity contribution is 7.09. The van der Waals surface area contributed by atoms with Crippen LogP contribution in [0.3, 0.4) is 0 Å². The molecule has 0 fully saturated rings. The summed E-state index contributed by atoms with van der Waals surface area (Å²) in [5.74, 6) is 0.624.